The molecule has 0 saturated carbocycles. The molecule has 0 spiro atoms. The molecule has 0 saturated heterocycles. The van der Waals surface area contributed by atoms with Gasteiger partial charge in [0.15, 0.2) is 5.69 Å². The fraction of sp³-hybridized carbons (Fsp3) is 0.182. The Morgan fingerprint density at radius 1 is 0.930 bits per heavy atom. The van der Waals surface area contributed by atoms with E-state index in [1.165, 1.54) is 17.3 Å². The summed E-state index contributed by atoms with van der Waals surface area (Å²) in [5.41, 5.74) is 2.08. The van der Waals surface area contributed by atoms with Crippen molar-refractivity contribution in [2.24, 2.45) is 0 Å². The van der Waals surface area contributed by atoms with E-state index in [0.29, 0.717) is 39.0 Å². The first-order chi connectivity index (χ1) is 20.7. The van der Waals surface area contributed by atoms with Crippen LogP contribution >= 0.6 is 0 Å². The van der Waals surface area contributed by atoms with Crippen LogP contribution in [0, 0.1) is 6.92 Å². The maximum Gasteiger partial charge on any atom is 0.357 e. The lowest BCUT2D eigenvalue weighted by molar-refractivity contribution is 0.0366. The molecule has 10 heteroatoms. The number of aromatic nitrogens is 3. The van der Waals surface area contributed by atoms with Crippen LogP contribution in [0.4, 0.5) is 0 Å². The highest BCUT2D eigenvalue weighted by Gasteiger charge is 2.28. The van der Waals surface area contributed by atoms with E-state index in [0.717, 1.165) is 16.3 Å². The number of nitrogens with zero attached hydrogens (tertiary/aromatic N) is 3. The van der Waals surface area contributed by atoms with E-state index in [1.54, 1.807) is 62.5 Å². The van der Waals surface area contributed by atoms with E-state index in [-0.39, 0.29) is 23.3 Å². The fourth-order valence-corrected chi connectivity index (χ4v) is 6.68. The molecule has 6 rings (SSSR count). The van der Waals surface area contributed by atoms with Gasteiger partial charge in [-0.05, 0) is 68.6 Å². The number of rotatable bonds is 8. The van der Waals surface area contributed by atoms with Crippen molar-refractivity contribution < 1.29 is 27.4 Å². The highest BCUT2D eigenvalue weighted by molar-refractivity contribution is 7.90. The van der Waals surface area contributed by atoms with Gasteiger partial charge in [-0.3, -0.25) is 0 Å². The number of aryl methyl sites for hydroxylation is 1. The standard InChI is InChI=1S/C33H29N3O6S/c1-20(2)41-33(37)31-27(19-40-4)30-26-17-23(42-32-25-8-6-5-7-22(25)15-16-34-32)11-14-28(26)36(29(30)18-35-31)43(38,39)24-12-9-21(3)10-13-24/h5-18,20H,19H2,1-4H3. The highest BCUT2D eigenvalue weighted by Crippen LogP contribution is 2.39. The monoisotopic (exact) mass is 595 g/mol. The number of fused-ring (bicyclic) bond motifs is 4. The molecule has 0 unspecified atom stereocenters. The average Bonchev–Trinajstić information content (AvgIpc) is 3.32. The topological polar surface area (TPSA) is 110 Å². The van der Waals surface area contributed by atoms with Crippen LogP contribution in [0.25, 0.3) is 32.6 Å². The van der Waals surface area contributed by atoms with Crippen LogP contribution in [0.2, 0.25) is 0 Å². The largest absolute Gasteiger partial charge is 0.458 e. The zero-order chi connectivity index (χ0) is 30.3. The third-order valence-corrected chi connectivity index (χ3v) is 8.81. The van der Waals surface area contributed by atoms with Gasteiger partial charge < -0.3 is 14.2 Å². The minimum absolute atomic E-state index is 0.00742. The molecular weight excluding hydrogens is 566 g/mol. The van der Waals surface area contributed by atoms with Crippen LogP contribution in [0.1, 0.15) is 35.5 Å². The maximum absolute atomic E-state index is 14.2. The molecule has 43 heavy (non-hydrogen) atoms. The number of methoxy groups -OCH3 is 1. The summed E-state index contributed by atoms with van der Waals surface area (Å²) in [5, 5.41) is 2.83. The Morgan fingerprint density at radius 3 is 2.44 bits per heavy atom. The van der Waals surface area contributed by atoms with Crippen LogP contribution in [-0.2, 0) is 26.1 Å². The van der Waals surface area contributed by atoms with E-state index in [4.69, 9.17) is 14.2 Å². The Hall–Kier alpha value is -4.80. The van der Waals surface area contributed by atoms with Crippen LogP contribution in [-0.4, -0.2) is 41.5 Å². The van der Waals surface area contributed by atoms with Crippen LogP contribution < -0.4 is 4.74 Å². The first kappa shape index (κ1) is 28.3. The van der Waals surface area contributed by atoms with E-state index < -0.39 is 16.0 Å². The molecule has 3 aromatic carbocycles. The second-order valence-electron chi connectivity index (χ2n) is 10.4. The number of pyridine rings is 2. The molecule has 0 atom stereocenters. The molecule has 0 N–H and O–H groups in total. The molecule has 0 aliphatic rings. The summed E-state index contributed by atoms with van der Waals surface area (Å²) >= 11 is 0. The van der Waals surface area contributed by atoms with Gasteiger partial charge >= 0.3 is 5.97 Å². The van der Waals surface area contributed by atoms with Crippen molar-refractivity contribution in [2.75, 3.05) is 7.11 Å². The van der Waals surface area contributed by atoms with Crippen LogP contribution in [0.5, 0.6) is 11.6 Å². The van der Waals surface area contributed by atoms with Gasteiger partial charge in [-0.15, -0.1) is 0 Å². The van der Waals surface area contributed by atoms with Gasteiger partial charge in [-0.25, -0.2) is 27.2 Å². The van der Waals surface area contributed by atoms with Crippen molar-refractivity contribution in [3.8, 4) is 11.6 Å². The summed E-state index contributed by atoms with van der Waals surface area (Å²) in [4.78, 5) is 22.1. The maximum atomic E-state index is 14.2. The van der Waals surface area contributed by atoms with E-state index in [9.17, 15) is 13.2 Å². The number of benzene rings is 3. The number of carbonyl (C=O) groups excluding carboxylic acids is 1. The van der Waals surface area contributed by atoms with Crippen molar-refractivity contribution >= 4 is 48.6 Å². The molecule has 0 aliphatic carbocycles. The molecule has 3 aromatic heterocycles. The van der Waals surface area contributed by atoms with Gasteiger partial charge in [0.25, 0.3) is 10.0 Å². The van der Waals surface area contributed by atoms with Gasteiger partial charge in [0.2, 0.25) is 5.88 Å². The average molecular weight is 596 g/mol. The minimum atomic E-state index is -4.08. The third kappa shape index (κ3) is 5.09. The first-order valence-electron chi connectivity index (χ1n) is 13.7. The molecule has 0 aliphatic heterocycles. The molecule has 3 heterocycles. The normalized spacial score (nSPS) is 11.9. The molecule has 0 amide bonds. The fourth-order valence-electron chi connectivity index (χ4n) is 5.17. The third-order valence-electron chi connectivity index (χ3n) is 7.07. The lowest BCUT2D eigenvalue weighted by Gasteiger charge is -2.13. The number of hydrogen-bond donors (Lipinski definition) is 0. The second-order valence-corrected chi connectivity index (χ2v) is 12.2. The summed E-state index contributed by atoms with van der Waals surface area (Å²) in [6, 6.07) is 21.4. The predicted octanol–water partition coefficient (Wildman–Crippen LogP) is 6.79. The Labute approximate surface area is 248 Å². The molecular formula is C33H29N3O6S. The lowest BCUT2D eigenvalue weighted by Crippen LogP contribution is -2.17. The van der Waals surface area contributed by atoms with Gasteiger partial charge in [0.05, 0.1) is 34.8 Å². The van der Waals surface area contributed by atoms with Crippen molar-refractivity contribution in [2.45, 2.75) is 38.4 Å². The smallest absolute Gasteiger partial charge is 0.357 e. The number of esters is 1. The second kappa shape index (κ2) is 11.1. The number of hydrogen-bond acceptors (Lipinski definition) is 8. The van der Waals surface area contributed by atoms with Gasteiger partial charge in [0, 0.05) is 35.0 Å². The van der Waals surface area contributed by atoms with E-state index in [2.05, 4.69) is 9.97 Å². The van der Waals surface area contributed by atoms with Crippen molar-refractivity contribution in [3.63, 3.8) is 0 Å². The summed E-state index contributed by atoms with van der Waals surface area (Å²) in [6.45, 7) is 5.38. The molecule has 0 radical (unpaired) electrons. The van der Waals surface area contributed by atoms with Crippen molar-refractivity contribution in [1.82, 2.24) is 13.9 Å². The summed E-state index contributed by atoms with van der Waals surface area (Å²) in [7, 11) is -2.58. The lowest BCUT2D eigenvalue weighted by atomic mass is 10.1. The summed E-state index contributed by atoms with van der Waals surface area (Å²) in [5.74, 6) is 0.224. The summed E-state index contributed by atoms with van der Waals surface area (Å²) in [6.07, 6.45) is 2.69. The Morgan fingerprint density at radius 2 is 1.70 bits per heavy atom. The van der Waals surface area contributed by atoms with E-state index in [1.807, 2.05) is 37.3 Å². The van der Waals surface area contributed by atoms with Crippen molar-refractivity contribution in [3.05, 3.63) is 102 Å². The summed E-state index contributed by atoms with van der Waals surface area (Å²) < 4.78 is 46.8. The zero-order valence-electron chi connectivity index (χ0n) is 24.1. The molecule has 0 fully saturated rings. The van der Waals surface area contributed by atoms with Crippen LogP contribution in [0.15, 0.2) is 90.1 Å². The Balaban J connectivity index is 1.63. The Kier molecular flexibility index (Phi) is 7.33. The van der Waals surface area contributed by atoms with Crippen LogP contribution in [0.3, 0.4) is 0 Å². The quantitative estimate of drug-likeness (QED) is 0.177. The van der Waals surface area contributed by atoms with Crippen molar-refractivity contribution in [1.29, 1.82) is 0 Å². The number of ether oxygens (including phenoxy) is 3. The van der Waals surface area contributed by atoms with Gasteiger partial charge in [-0.1, -0.05) is 35.9 Å². The first-order valence-corrected chi connectivity index (χ1v) is 15.1. The minimum Gasteiger partial charge on any atom is -0.458 e. The zero-order valence-corrected chi connectivity index (χ0v) is 24.9. The van der Waals surface area contributed by atoms with E-state index >= 15 is 0 Å². The SMILES string of the molecule is COCc1c(C(=O)OC(C)C)ncc2c1c1cc(Oc3nccc4ccccc34)ccc1n2S(=O)(=O)c1ccc(C)cc1. The molecule has 218 valence electrons. The Bertz CT molecular complexity index is 2110. The predicted molar refractivity (Wildman–Crippen MR) is 164 cm³/mol. The highest BCUT2D eigenvalue weighted by atomic mass is 32.2. The number of carbonyl (C=O) groups is 1. The molecule has 6 aromatic rings. The molecule has 9 nitrogen and oxygen atoms in total. The molecule has 0 bridgehead atoms. The van der Waals surface area contributed by atoms with Gasteiger partial charge in [0.1, 0.15) is 5.75 Å². The van der Waals surface area contributed by atoms with Gasteiger partial charge in [-0.2, -0.15) is 0 Å².